The van der Waals surface area contributed by atoms with Crippen LogP contribution in [0.5, 0.6) is 5.75 Å². The lowest BCUT2D eigenvalue weighted by Crippen LogP contribution is -2.18. The number of carbonyl (C=O) groups excluding carboxylic acids is 2. The average Bonchev–Trinajstić information content (AvgIpc) is 2.66. The van der Waals surface area contributed by atoms with Crippen molar-refractivity contribution in [1.82, 2.24) is 0 Å². The van der Waals surface area contributed by atoms with E-state index < -0.39 is 6.09 Å². The number of hydrogen-bond donors (Lipinski definition) is 1. The van der Waals surface area contributed by atoms with Crippen LogP contribution in [0.4, 0.5) is 10.5 Å². The van der Waals surface area contributed by atoms with Crippen molar-refractivity contribution >= 4 is 52.4 Å². The molecule has 1 amide bonds. The first kappa shape index (κ1) is 19.2. The molecule has 0 unspecified atom stereocenters. The fourth-order valence-corrected chi connectivity index (χ4v) is 2.85. The van der Waals surface area contributed by atoms with Crippen LogP contribution >= 0.6 is 34.8 Å². The number of benzene rings is 3. The summed E-state index contributed by atoms with van der Waals surface area (Å²) in [7, 11) is 0. The van der Waals surface area contributed by atoms with Gasteiger partial charge in [0.05, 0.1) is 16.3 Å². The standard InChI is InChI=1S/C20H12Cl3NO3/c21-13-7-9-18(15(10-13)19(25)12-4-2-1-3-5-12)27-20(26)24-17-11-14(22)6-8-16(17)23/h1-11H,(H,24,26). The summed E-state index contributed by atoms with van der Waals surface area (Å²) in [5, 5.41) is 3.55. The van der Waals surface area contributed by atoms with E-state index in [-0.39, 0.29) is 17.1 Å². The number of anilines is 1. The summed E-state index contributed by atoms with van der Waals surface area (Å²) in [5.74, 6) is -0.245. The van der Waals surface area contributed by atoms with E-state index in [1.165, 1.54) is 24.3 Å². The van der Waals surface area contributed by atoms with Gasteiger partial charge in [-0.3, -0.25) is 10.1 Å². The van der Waals surface area contributed by atoms with Gasteiger partial charge in [-0.15, -0.1) is 0 Å². The zero-order valence-corrected chi connectivity index (χ0v) is 16.0. The molecule has 3 rings (SSSR count). The predicted molar refractivity (Wildman–Crippen MR) is 107 cm³/mol. The molecule has 1 N–H and O–H groups in total. The van der Waals surface area contributed by atoms with E-state index in [1.54, 1.807) is 42.5 Å². The van der Waals surface area contributed by atoms with Crippen molar-refractivity contribution in [3.05, 3.63) is 92.9 Å². The second kappa shape index (κ2) is 8.44. The molecule has 0 aliphatic carbocycles. The van der Waals surface area contributed by atoms with Gasteiger partial charge in [0.25, 0.3) is 0 Å². The highest BCUT2D eigenvalue weighted by Crippen LogP contribution is 2.28. The molecule has 0 bridgehead atoms. The van der Waals surface area contributed by atoms with E-state index in [9.17, 15) is 9.59 Å². The molecule has 7 heteroatoms. The Morgan fingerprint density at radius 3 is 2.22 bits per heavy atom. The van der Waals surface area contributed by atoms with Crippen molar-refractivity contribution in [2.24, 2.45) is 0 Å². The van der Waals surface area contributed by atoms with Gasteiger partial charge in [-0.1, -0.05) is 65.1 Å². The molecule has 136 valence electrons. The smallest absolute Gasteiger partial charge is 0.409 e. The number of hydrogen-bond acceptors (Lipinski definition) is 3. The topological polar surface area (TPSA) is 55.4 Å². The van der Waals surface area contributed by atoms with Crippen LogP contribution in [-0.2, 0) is 0 Å². The SMILES string of the molecule is O=C(Nc1cc(Cl)ccc1Cl)Oc1ccc(Cl)cc1C(=O)c1ccccc1. The maximum absolute atomic E-state index is 12.7. The van der Waals surface area contributed by atoms with Gasteiger partial charge in [0.2, 0.25) is 0 Å². The minimum Gasteiger partial charge on any atom is -0.409 e. The minimum atomic E-state index is -0.816. The third-order valence-electron chi connectivity index (χ3n) is 3.59. The van der Waals surface area contributed by atoms with Gasteiger partial charge in [0.15, 0.2) is 5.78 Å². The monoisotopic (exact) mass is 419 g/mol. The van der Waals surface area contributed by atoms with Crippen molar-refractivity contribution < 1.29 is 14.3 Å². The van der Waals surface area contributed by atoms with Crippen LogP contribution in [0.3, 0.4) is 0 Å². The number of nitrogens with one attached hydrogen (secondary N) is 1. The van der Waals surface area contributed by atoms with Gasteiger partial charge in [0.1, 0.15) is 5.75 Å². The summed E-state index contributed by atoms with van der Waals surface area (Å²) in [5.41, 5.74) is 0.906. The molecule has 4 nitrogen and oxygen atoms in total. The molecule has 0 saturated heterocycles. The maximum atomic E-state index is 12.7. The highest BCUT2D eigenvalue weighted by molar-refractivity contribution is 6.35. The van der Waals surface area contributed by atoms with Gasteiger partial charge < -0.3 is 4.74 Å². The van der Waals surface area contributed by atoms with Crippen LogP contribution in [0.15, 0.2) is 66.7 Å². The summed E-state index contributed by atoms with van der Waals surface area (Å²) in [6, 6.07) is 17.7. The Bertz CT molecular complexity index is 1010. The van der Waals surface area contributed by atoms with Crippen molar-refractivity contribution in [1.29, 1.82) is 0 Å². The van der Waals surface area contributed by atoms with E-state index in [0.717, 1.165) is 0 Å². The van der Waals surface area contributed by atoms with E-state index in [2.05, 4.69) is 5.32 Å². The Balaban J connectivity index is 1.85. The van der Waals surface area contributed by atoms with Gasteiger partial charge in [-0.25, -0.2) is 4.79 Å². The van der Waals surface area contributed by atoms with Gasteiger partial charge in [-0.2, -0.15) is 0 Å². The molecule has 0 spiro atoms. The number of rotatable bonds is 4. The van der Waals surface area contributed by atoms with E-state index in [0.29, 0.717) is 26.3 Å². The molecule has 27 heavy (non-hydrogen) atoms. The summed E-state index contributed by atoms with van der Waals surface area (Å²) in [6.07, 6.45) is -0.816. The number of ether oxygens (including phenoxy) is 1. The molecular weight excluding hydrogens is 409 g/mol. The predicted octanol–water partition coefficient (Wildman–Crippen LogP) is 6.49. The van der Waals surface area contributed by atoms with E-state index >= 15 is 0 Å². The van der Waals surface area contributed by atoms with Crippen LogP contribution in [0.25, 0.3) is 0 Å². The summed E-state index contributed by atoms with van der Waals surface area (Å²) >= 11 is 17.9. The summed E-state index contributed by atoms with van der Waals surface area (Å²) in [4.78, 5) is 25.0. The fraction of sp³-hybridized carbons (Fsp3) is 0. The first-order valence-corrected chi connectivity index (χ1v) is 8.90. The number of ketones is 1. The third-order valence-corrected chi connectivity index (χ3v) is 4.39. The van der Waals surface area contributed by atoms with Crippen molar-refractivity contribution in [2.75, 3.05) is 5.32 Å². The Labute approximate surface area is 170 Å². The summed E-state index contributed by atoms with van der Waals surface area (Å²) in [6.45, 7) is 0. The second-order valence-electron chi connectivity index (χ2n) is 5.47. The zero-order chi connectivity index (χ0) is 19.4. The zero-order valence-electron chi connectivity index (χ0n) is 13.7. The Kier molecular flexibility index (Phi) is 6.01. The van der Waals surface area contributed by atoms with Crippen molar-refractivity contribution in [3.63, 3.8) is 0 Å². The van der Waals surface area contributed by atoms with Crippen LogP contribution in [0, 0.1) is 0 Å². The van der Waals surface area contributed by atoms with Gasteiger partial charge in [-0.05, 0) is 36.4 Å². The third kappa shape index (κ3) is 4.80. The fourth-order valence-electron chi connectivity index (χ4n) is 2.34. The Morgan fingerprint density at radius 2 is 1.48 bits per heavy atom. The molecule has 3 aromatic carbocycles. The Hall–Kier alpha value is -2.53. The molecule has 0 saturated carbocycles. The average molecular weight is 421 g/mol. The van der Waals surface area contributed by atoms with Gasteiger partial charge in [0, 0.05) is 15.6 Å². The van der Waals surface area contributed by atoms with Crippen LogP contribution in [0.2, 0.25) is 15.1 Å². The number of halogens is 3. The first-order valence-electron chi connectivity index (χ1n) is 7.77. The van der Waals surface area contributed by atoms with Crippen molar-refractivity contribution in [3.8, 4) is 5.75 Å². The molecule has 0 heterocycles. The molecule has 0 atom stereocenters. The maximum Gasteiger partial charge on any atom is 0.417 e. The lowest BCUT2D eigenvalue weighted by atomic mass is 10.0. The number of carbonyl (C=O) groups is 2. The molecule has 0 aliphatic rings. The number of amides is 1. The highest BCUT2D eigenvalue weighted by atomic mass is 35.5. The molecule has 0 aliphatic heterocycles. The van der Waals surface area contributed by atoms with E-state index in [1.807, 2.05) is 0 Å². The minimum absolute atomic E-state index is 0.0731. The molecule has 0 radical (unpaired) electrons. The van der Waals surface area contributed by atoms with Crippen LogP contribution < -0.4 is 10.1 Å². The highest BCUT2D eigenvalue weighted by Gasteiger charge is 2.18. The summed E-state index contributed by atoms with van der Waals surface area (Å²) < 4.78 is 5.31. The van der Waals surface area contributed by atoms with Crippen molar-refractivity contribution in [2.45, 2.75) is 0 Å². The largest absolute Gasteiger partial charge is 0.417 e. The van der Waals surface area contributed by atoms with Crippen LogP contribution in [0.1, 0.15) is 15.9 Å². The lowest BCUT2D eigenvalue weighted by molar-refractivity contribution is 0.103. The molecule has 0 aromatic heterocycles. The Morgan fingerprint density at radius 1 is 0.815 bits per heavy atom. The van der Waals surface area contributed by atoms with Gasteiger partial charge >= 0.3 is 6.09 Å². The molecule has 3 aromatic rings. The lowest BCUT2D eigenvalue weighted by Gasteiger charge is -2.12. The van der Waals surface area contributed by atoms with E-state index in [4.69, 9.17) is 39.5 Å². The molecular formula is C20H12Cl3NO3. The quantitative estimate of drug-likeness (QED) is 0.491. The molecule has 0 fully saturated rings. The van der Waals surface area contributed by atoms with Crippen LogP contribution in [-0.4, -0.2) is 11.9 Å². The first-order chi connectivity index (χ1) is 12.9. The second-order valence-corrected chi connectivity index (χ2v) is 6.75. The normalized spacial score (nSPS) is 10.3.